The Morgan fingerprint density at radius 2 is 2.15 bits per heavy atom. The lowest BCUT2D eigenvalue weighted by molar-refractivity contribution is -0.165. The van der Waals surface area contributed by atoms with E-state index in [-0.39, 0.29) is 12.4 Å². The minimum Gasteiger partial charge on any atom is -0.504 e. The Morgan fingerprint density at radius 3 is 2.70 bits per heavy atom. The number of hydrogen-bond donors (Lipinski definition) is 2. The molecule has 0 saturated carbocycles. The summed E-state index contributed by atoms with van der Waals surface area (Å²) >= 11 is 0. The summed E-state index contributed by atoms with van der Waals surface area (Å²) in [7, 11) is 1.51. The van der Waals surface area contributed by atoms with E-state index in [0.29, 0.717) is 25.4 Å². The number of ether oxygens (including phenoxy) is 2. The Morgan fingerprint density at radius 1 is 1.45 bits per heavy atom. The van der Waals surface area contributed by atoms with Gasteiger partial charge >= 0.3 is 5.97 Å². The van der Waals surface area contributed by atoms with Crippen LogP contribution in [-0.2, 0) is 16.1 Å². The summed E-state index contributed by atoms with van der Waals surface area (Å²) in [6, 6.07) is 5.30. The predicted octanol–water partition coefficient (Wildman–Crippen LogP) is 1.08. The van der Waals surface area contributed by atoms with Crippen LogP contribution in [0, 0.1) is 0 Å². The molecule has 6 heteroatoms. The third kappa shape index (κ3) is 3.40. The van der Waals surface area contributed by atoms with E-state index < -0.39 is 11.6 Å². The highest BCUT2D eigenvalue weighted by Gasteiger charge is 2.39. The first-order valence-corrected chi connectivity index (χ1v) is 6.36. The second kappa shape index (κ2) is 5.68. The van der Waals surface area contributed by atoms with Gasteiger partial charge in [0.2, 0.25) is 0 Å². The molecule has 0 amide bonds. The molecule has 2 rings (SSSR count). The molecule has 1 heterocycles. The Kier molecular flexibility index (Phi) is 4.15. The van der Waals surface area contributed by atoms with Gasteiger partial charge in [0, 0.05) is 19.6 Å². The number of aliphatic carboxylic acids is 1. The van der Waals surface area contributed by atoms with E-state index in [0.717, 1.165) is 5.56 Å². The summed E-state index contributed by atoms with van der Waals surface area (Å²) in [5, 5.41) is 18.3. The van der Waals surface area contributed by atoms with Gasteiger partial charge in [0.25, 0.3) is 0 Å². The van der Waals surface area contributed by atoms with Crippen LogP contribution in [0.5, 0.6) is 11.5 Å². The number of methoxy groups -OCH3 is 1. The van der Waals surface area contributed by atoms with Gasteiger partial charge in [-0.05, 0) is 24.6 Å². The largest absolute Gasteiger partial charge is 0.504 e. The first-order chi connectivity index (χ1) is 9.42. The number of likely N-dealkylation sites (tertiary alicyclic amines) is 1. The highest BCUT2D eigenvalue weighted by atomic mass is 16.5. The molecular formula is C14H19NO5. The van der Waals surface area contributed by atoms with Gasteiger partial charge in [0.1, 0.15) is 6.61 Å². The number of hydrogen-bond acceptors (Lipinski definition) is 5. The molecule has 1 aromatic carbocycles. The van der Waals surface area contributed by atoms with Crippen molar-refractivity contribution in [3.05, 3.63) is 23.8 Å². The maximum absolute atomic E-state index is 10.5. The number of aromatic hydroxyl groups is 1. The molecule has 2 N–H and O–H groups in total. The molecule has 1 aliphatic heterocycles. The van der Waals surface area contributed by atoms with Crippen molar-refractivity contribution in [1.29, 1.82) is 0 Å². The van der Waals surface area contributed by atoms with Crippen molar-refractivity contribution in [2.24, 2.45) is 0 Å². The molecule has 1 aliphatic rings. The number of carboxylic acids is 1. The second-order valence-electron chi connectivity index (χ2n) is 5.28. The average Bonchev–Trinajstić information content (AvgIpc) is 2.35. The van der Waals surface area contributed by atoms with Crippen LogP contribution in [0.2, 0.25) is 0 Å². The van der Waals surface area contributed by atoms with Gasteiger partial charge in [-0.3, -0.25) is 4.90 Å². The zero-order valence-electron chi connectivity index (χ0n) is 11.6. The summed E-state index contributed by atoms with van der Waals surface area (Å²) in [6.45, 7) is 3.66. The lowest BCUT2D eigenvalue weighted by Gasteiger charge is -2.47. The Hall–Kier alpha value is -1.79. The minimum atomic E-state index is -0.954. The van der Waals surface area contributed by atoms with Crippen molar-refractivity contribution in [1.82, 2.24) is 4.90 Å². The van der Waals surface area contributed by atoms with Crippen molar-refractivity contribution >= 4 is 5.97 Å². The Bertz CT molecular complexity index is 496. The molecule has 0 unspecified atom stereocenters. The van der Waals surface area contributed by atoms with E-state index in [2.05, 4.69) is 4.90 Å². The lowest BCUT2D eigenvalue weighted by atomic mass is 9.95. The lowest BCUT2D eigenvalue weighted by Crippen LogP contribution is -2.61. The molecule has 6 nitrogen and oxygen atoms in total. The van der Waals surface area contributed by atoms with E-state index in [1.807, 2.05) is 13.0 Å². The maximum atomic E-state index is 10.5. The summed E-state index contributed by atoms with van der Waals surface area (Å²) in [6.07, 6.45) is 0. The predicted molar refractivity (Wildman–Crippen MR) is 71.9 cm³/mol. The van der Waals surface area contributed by atoms with Crippen molar-refractivity contribution in [3.8, 4) is 11.5 Å². The maximum Gasteiger partial charge on any atom is 0.329 e. The van der Waals surface area contributed by atoms with Gasteiger partial charge in [-0.25, -0.2) is 4.79 Å². The highest BCUT2D eigenvalue weighted by molar-refractivity contribution is 5.68. The zero-order chi connectivity index (χ0) is 14.8. The van der Waals surface area contributed by atoms with E-state index in [9.17, 15) is 9.90 Å². The SMILES string of the molecule is COc1ccc(CN2CC(C)(OCC(=O)O)C2)cc1O. The van der Waals surface area contributed by atoms with Crippen LogP contribution in [0.4, 0.5) is 0 Å². The number of benzene rings is 1. The zero-order valence-corrected chi connectivity index (χ0v) is 11.6. The summed E-state index contributed by atoms with van der Waals surface area (Å²) in [4.78, 5) is 12.6. The number of phenols is 1. The number of carbonyl (C=O) groups is 1. The van der Waals surface area contributed by atoms with Gasteiger partial charge < -0.3 is 19.7 Å². The number of nitrogens with zero attached hydrogens (tertiary/aromatic N) is 1. The fourth-order valence-corrected chi connectivity index (χ4v) is 2.43. The molecule has 1 saturated heterocycles. The summed E-state index contributed by atoms with van der Waals surface area (Å²) < 4.78 is 10.3. The van der Waals surface area contributed by atoms with Crippen LogP contribution in [0.3, 0.4) is 0 Å². The Labute approximate surface area is 117 Å². The number of phenolic OH excluding ortho intramolecular Hbond substituents is 1. The fourth-order valence-electron chi connectivity index (χ4n) is 2.43. The Balaban J connectivity index is 1.85. The van der Waals surface area contributed by atoms with Crippen molar-refractivity contribution in [3.63, 3.8) is 0 Å². The number of carboxylic acid groups (broad SMARTS) is 1. The van der Waals surface area contributed by atoms with Gasteiger partial charge in [-0.2, -0.15) is 0 Å². The topological polar surface area (TPSA) is 79.2 Å². The van der Waals surface area contributed by atoms with Crippen LogP contribution in [0.15, 0.2) is 18.2 Å². The molecule has 20 heavy (non-hydrogen) atoms. The summed E-state index contributed by atoms with van der Waals surface area (Å²) in [5.41, 5.74) is 0.580. The molecule has 0 aliphatic carbocycles. The molecular weight excluding hydrogens is 262 g/mol. The van der Waals surface area contributed by atoms with Crippen molar-refractivity contribution in [2.45, 2.75) is 19.1 Å². The van der Waals surface area contributed by atoms with Gasteiger partial charge in [0.05, 0.1) is 12.7 Å². The molecule has 110 valence electrons. The standard InChI is InChI=1S/C14H19NO5/c1-14(20-7-13(17)18)8-15(9-14)6-10-3-4-12(19-2)11(16)5-10/h3-5,16H,6-9H2,1-2H3,(H,17,18). The van der Waals surface area contributed by atoms with Crippen LogP contribution in [-0.4, -0.2) is 53.5 Å². The van der Waals surface area contributed by atoms with Gasteiger partial charge in [0.15, 0.2) is 11.5 Å². The van der Waals surface area contributed by atoms with Crippen LogP contribution < -0.4 is 4.74 Å². The summed E-state index contributed by atoms with van der Waals surface area (Å²) in [5.74, 6) is -0.382. The van der Waals surface area contributed by atoms with Crippen LogP contribution in [0.25, 0.3) is 0 Å². The molecule has 1 aromatic rings. The minimum absolute atomic E-state index is 0.121. The molecule has 0 atom stereocenters. The second-order valence-corrected chi connectivity index (χ2v) is 5.28. The van der Waals surface area contributed by atoms with Gasteiger partial charge in [-0.15, -0.1) is 0 Å². The van der Waals surface area contributed by atoms with Crippen molar-refractivity contribution < 1.29 is 24.5 Å². The van der Waals surface area contributed by atoms with E-state index in [1.54, 1.807) is 12.1 Å². The van der Waals surface area contributed by atoms with E-state index in [1.165, 1.54) is 7.11 Å². The molecule has 0 aromatic heterocycles. The first kappa shape index (κ1) is 14.6. The molecule has 0 radical (unpaired) electrons. The normalized spacial score (nSPS) is 17.5. The fraction of sp³-hybridized carbons (Fsp3) is 0.500. The first-order valence-electron chi connectivity index (χ1n) is 6.36. The average molecular weight is 281 g/mol. The van der Waals surface area contributed by atoms with Crippen LogP contribution in [0.1, 0.15) is 12.5 Å². The monoisotopic (exact) mass is 281 g/mol. The molecule has 0 spiro atoms. The quantitative estimate of drug-likeness (QED) is 0.812. The molecule has 1 fully saturated rings. The van der Waals surface area contributed by atoms with Crippen molar-refractivity contribution in [2.75, 3.05) is 26.8 Å². The van der Waals surface area contributed by atoms with E-state index in [4.69, 9.17) is 14.6 Å². The smallest absolute Gasteiger partial charge is 0.329 e. The van der Waals surface area contributed by atoms with E-state index >= 15 is 0 Å². The number of rotatable bonds is 6. The van der Waals surface area contributed by atoms with Crippen LogP contribution >= 0.6 is 0 Å². The third-order valence-electron chi connectivity index (χ3n) is 3.31. The third-order valence-corrected chi connectivity index (χ3v) is 3.31. The molecule has 0 bridgehead atoms. The van der Waals surface area contributed by atoms with Gasteiger partial charge in [-0.1, -0.05) is 6.07 Å². The highest BCUT2D eigenvalue weighted by Crippen LogP contribution is 2.30.